The Labute approximate surface area is 181 Å². The van der Waals surface area contributed by atoms with Gasteiger partial charge in [0.25, 0.3) is 11.5 Å². The van der Waals surface area contributed by atoms with Crippen LogP contribution in [0.4, 0.5) is 0 Å². The van der Waals surface area contributed by atoms with Gasteiger partial charge in [-0.25, -0.2) is 0 Å². The van der Waals surface area contributed by atoms with Gasteiger partial charge in [0.1, 0.15) is 5.82 Å². The van der Waals surface area contributed by atoms with Gasteiger partial charge in [0.15, 0.2) is 11.5 Å². The number of fused-ring (bicyclic) bond motifs is 1. The van der Waals surface area contributed by atoms with E-state index in [4.69, 9.17) is 14.2 Å². The van der Waals surface area contributed by atoms with Crippen LogP contribution in [0.25, 0.3) is 0 Å². The number of benzene rings is 1. The largest absolute Gasteiger partial charge is 0.493 e. The number of hydrogen-bond donors (Lipinski definition) is 0. The van der Waals surface area contributed by atoms with Gasteiger partial charge in [-0.05, 0) is 38.3 Å². The van der Waals surface area contributed by atoms with E-state index >= 15 is 0 Å². The molecular weight excluding hydrogens is 398 g/mol. The lowest BCUT2D eigenvalue weighted by Crippen LogP contribution is -2.40. The van der Waals surface area contributed by atoms with Crippen LogP contribution in [0.2, 0.25) is 0 Å². The van der Waals surface area contributed by atoms with Crippen molar-refractivity contribution in [2.24, 2.45) is 0 Å². The monoisotopic (exact) mass is 427 g/mol. The maximum Gasteiger partial charge on any atom is 0.276 e. The number of carbonyl (C=O) groups is 1. The molecule has 0 N–H and O–H groups in total. The van der Waals surface area contributed by atoms with E-state index in [1.807, 2.05) is 11.8 Å². The third kappa shape index (κ3) is 3.75. The Morgan fingerprint density at radius 3 is 2.42 bits per heavy atom. The smallest absolute Gasteiger partial charge is 0.276 e. The zero-order chi connectivity index (χ0) is 22.1. The highest BCUT2D eigenvalue weighted by atomic mass is 16.5. The number of aryl methyl sites for hydroxylation is 1. The molecule has 8 nitrogen and oxygen atoms in total. The fourth-order valence-electron chi connectivity index (χ4n) is 4.85. The molecule has 2 aliphatic heterocycles. The molecule has 0 aliphatic carbocycles. The summed E-state index contributed by atoms with van der Waals surface area (Å²) in [6.07, 6.45) is 3.67. The molecule has 0 radical (unpaired) electrons. The Morgan fingerprint density at radius 2 is 1.77 bits per heavy atom. The first-order valence-electron chi connectivity index (χ1n) is 10.7. The summed E-state index contributed by atoms with van der Waals surface area (Å²) in [7, 11) is 4.61. The van der Waals surface area contributed by atoms with Gasteiger partial charge in [0, 0.05) is 48.8 Å². The highest BCUT2D eigenvalue weighted by molar-refractivity contribution is 5.95. The zero-order valence-corrected chi connectivity index (χ0v) is 18.6. The Kier molecular flexibility index (Phi) is 5.89. The number of hydrogen-bond acceptors (Lipinski definition) is 6. The van der Waals surface area contributed by atoms with E-state index in [-0.39, 0.29) is 17.4 Å². The van der Waals surface area contributed by atoms with E-state index < -0.39 is 0 Å². The van der Waals surface area contributed by atoms with Crippen LogP contribution in [0.15, 0.2) is 16.9 Å². The summed E-state index contributed by atoms with van der Waals surface area (Å²) in [5, 5.41) is 0. The van der Waals surface area contributed by atoms with Crippen molar-refractivity contribution in [2.45, 2.75) is 45.1 Å². The highest BCUT2D eigenvalue weighted by Crippen LogP contribution is 2.39. The molecule has 1 fully saturated rings. The number of ether oxygens (including phenoxy) is 3. The summed E-state index contributed by atoms with van der Waals surface area (Å²) >= 11 is 0. The van der Waals surface area contributed by atoms with Crippen LogP contribution >= 0.6 is 0 Å². The van der Waals surface area contributed by atoms with Crippen molar-refractivity contribution < 1.29 is 19.0 Å². The van der Waals surface area contributed by atoms with Crippen molar-refractivity contribution in [3.05, 3.63) is 45.1 Å². The molecular formula is C23H29N3O5. The van der Waals surface area contributed by atoms with Gasteiger partial charge in [-0.1, -0.05) is 0 Å². The average Bonchev–Trinajstić information content (AvgIpc) is 3.25. The van der Waals surface area contributed by atoms with Crippen LogP contribution < -0.4 is 19.8 Å². The minimum atomic E-state index is -0.142. The second kappa shape index (κ2) is 8.61. The fourth-order valence-corrected chi connectivity index (χ4v) is 4.85. The van der Waals surface area contributed by atoms with E-state index in [0.29, 0.717) is 41.5 Å². The van der Waals surface area contributed by atoms with Crippen LogP contribution in [0.3, 0.4) is 0 Å². The van der Waals surface area contributed by atoms with E-state index in [1.165, 1.54) is 21.3 Å². The van der Waals surface area contributed by atoms with Crippen molar-refractivity contribution in [1.29, 1.82) is 0 Å². The number of methoxy groups -OCH3 is 3. The standard InChI is InChI=1S/C23H29N3O5/c1-14-20(26-10-6-8-19(26)24-22(14)27)15-7-5-9-25(13-15)23(28)16-11-17(29-2)21(31-4)18(12-16)30-3/h11-12,15H,5-10,13H2,1-4H3/t15-/m0/s1. The topological polar surface area (TPSA) is 82.9 Å². The molecule has 2 aromatic rings. The van der Waals surface area contributed by atoms with Crippen molar-refractivity contribution in [1.82, 2.24) is 14.5 Å². The number of aromatic nitrogens is 2. The lowest BCUT2D eigenvalue weighted by molar-refractivity contribution is 0.0703. The molecule has 0 saturated carbocycles. The van der Waals surface area contributed by atoms with Gasteiger partial charge in [-0.2, -0.15) is 4.98 Å². The molecule has 1 amide bonds. The number of amides is 1. The molecule has 0 spiro atoms. The molecule has 0 bridgehead atoms. The van der Waals surface area contributed by atoms with Gasteiger partial charge >= 0.3 is 0 Å². The molecule has 1 aromatic carbocycles. The van der Waals surface area contributed by atoms with Crippen molar-refractivity contribution in [3.8, 4) is 17.2 Å². The maximum absolute atomic E-state index is 13.4. The second-order valence-corrected chi connectivity index (χ2v) is 8.10. The van der Waals surface area contributed by atoms with Gasteiger partial charge in [-0.15, -0.1) is 0 Å². The van der Waals surface area contributed by atoms with Crippen LogP contribution in [0, 0.1) is 6.92 Å². The van der Waals surface area contributed by atoms with E-state index in [1.54, 1.807) is 12.1 Å². The first kappa shape index (κ1) is 21.2. The minimum Gasteiger partial charge on any atom is -0.493 e. The third-order valence-electron chi connectivity index (χ3n) is 6.33. The second-order valence-electron chi connectivity index (χ2n) is 8.10. The first-order chi connectivity index (χ1) is 15.0. The number of piperidine rings is 1. The third-order valence-corrected chi connectivity index (χ3v) is 6.33. The Morgan fingerprint density at radius 1 is 1.06 bits per heavy atom. The fraction of sp³-hybridized carbons (Fsp3) is 0.522. The van der Waals surface area contributed by atoms with Crippen LogP contribution in [-0.2, 0) is 13.0 Å². The van der Waals surface area contributed by atoms with Gasteiger partial charge in [-0.3, -0.25) is 9.59 Å². The number of rotatable bonds is 5. The lowest BCUT2D eigenvalue weighted by atomic mass is 9.91. The van der Waals surface area contributed by atoms with Crippen LogP contribution in [0.1, 0.15) is 52.6 Å². The van der Waals surface area contributed by atoms with Crippen molar-refractivity contribution >= 4 is 5.91 Å². The molecule has 1 aromatic heterocycles. The summed E-state index contributed by atoms with van der Waals surface area (Å²) < 4.78 is 18.4. The SMILES string of the molecule is COc1cc(C(=O)N2CCC[C@H](c3c(C)c(=O)nc4n3CCC4)C2)cc(OC)c1OC. The lowest BCUT2D eigenvalue weighted by Gasteiger charge is -2.34. The first-order valence-corrected chi connectivity index (χ1v) is 10.7. The number of nitrogens with zero attached hydrogens (tertiary/aromatic N) is 3. The predicted molar refractivity (Wildman–Crippen MR) is 116 cm³/mol. The van der Waals surface area contributed by atoms with Gasteiger partial charge in [0.05, 0.1) is 21.3 Å². The van der Waals surface area contributed by atoms with E-state index in [0.717, 1.165) is 43.7 Å². The van der Waals surface area contributed by atoms with Crippen molar-refractivity contribution in [3.63, 3.8) is 0 Å². The number of likely N-dealkylation sites (tertiary alicyclic amines) is 1. The predicted octanol–water partition coefficient (Wildman–Crippen LogP) is 2.54. The molecule has 31 heavy (non-hydrogen) atoms. The van der Waals surface area contributed by atoms with Gasteiger partial charge in [0.2, 0.25) is 5.75 Å². The molecule has 1 atom stereocenters. The molecule has 3 heterocycles. The summed E-state index contributed by atoms with van der Waals surface area (Å²) in [4.78, 5) is 31.9. The van der Waals surface area contributed by atoms with E-state index in [9.17, 15) is 9.59 Å². The van der Waals surface area contributed by atoms with Crippen LogP contribution in [-0.4, -0.2) is 54.8 Å². The quantitative estimate of drug-likeness (QED) is 0.729. The average molecular weight is 428 g/mol. The van der Waals surface area contributed by atoms with Gasteiger partial charge < -0.3 is 23.7 Å². The zero-order valence-electron chi connectivity index (χ0n) is 18.6. The Bertz CT molecular complexity index is 1040. The van der Waals surface area contributed by atoms with Crippen molar-refractivity contribution in [2.75, 3.05) is 34.4 Å². The molecule has 2 aliphatic rings. The maximum atomic E-state index is 13.4. The minimum absolute atomic E-state index is 0.0837. The molecule has 1 saturated heterocycles. The summed E-state index contributed by atoms with van der Waals surface area (Å²) in [5.74, 6) is 2.27. The molecule has 0 unspecified atom stereocenters. The molecule has 4 rings (SSSR count). The molecule has 8 heteroatoms. The highest BCUT2D eigenvalue weighted by Gasteiger charge is 2.31. The molecule has 166 valence electrons. The normalized spacial score (nSPS) is 17.9. The summed E-state index contributed by atoms with van der Waals surface area (Å²) in [6.45, 7) is 3.98. The Hall–Kier alpha value is -3.03. The number of carbonyl (C=O) groups excluding carboxylic acids is 1. The summed E-state index contributed by atoms with van der Waals surface area (Å²) in [5.41, 5.74) is 2.10. The van der Waals surface area contributed by atoms with E-state index in [2.05, 4.69) is 9.55 Å². The Balaban J connectivity index is 1.65. The van der Waals surface area contributed by atoms with Crippen LogP contribution in [0.5, 0.6) is 17.2 Å². The summed E-state index contributed by atoms with van der Waals surface area (Å²) in [6, 6.07) is 3.38.